The Labute approximate surface area is 255 Å². The van der Waals surface area contributed by atoms with Crippen LogP contribution in [0.25, 0.3) is 11.1 Å². The van der Waals surface area contributed by atoms with Crippen LogP contribution in [0.1, 0.15) is 97.8 Å². The number of carbonyl (C=O) groups excluding carboxylic acids is 1. The van der Waals surface area contributed by atoms with Crippen LogP contribution in [-0.4, -0.2) is 28.9 Å². The van der Waals surface area contributed by atoms with Crippen molar-refractivity contribution in [3.8, 4) is 11.1 Å². The van der Waals surface area contributed by atoms with Gasteiger partial charge in [0.05, 0.1) is 16.3 Å². The number of nitrogens with one attached hydrogen (secondary N) is 1. The Morgan fingerprint density at radius 3 is 2.47 bits per heavy atom. The number of carbonyl (C=O) groups is 1. The number of nitrogens with zero attached hydrogens (tertiary/aromatic N) is 3. The summed E-state index contributed by atoms with van der Waals surface area (Å²) < 4.78 is 37.4. The molecule has 0 fully saturated rings. The van der Waals surface area contributed by atoms with Crippen LogP contribution in [0.4, 0.5) is 5.88 Å². The highest BCUT2D eigenvalue weighted by Crippen LogP contribution is 2.36. The average molecular weight is 603 g/mol. The van der Waals surface area contributed by atoms with E-state index in [1.807, 2.05) is 24.3 Å². The van der Waals surface area contributed by atoms with Gasteiger partial charge in [-0.2, -0.15) is 0 Å². The summed E-state index contributed by atoms with van der Waals surface area (Å²) in [5.74, 6) is 1.26. The van der Waals surface area contributed by atoms with Crippen molar-refractivity contribution >= 4 is 21.7 Å². The Kier molecular flexibility index (Phi) is 8.65. The molecule has 0 amide bonds. The fourth-order valence-electron chi connectivity index (χ4n) is 5.84. The number of hydrogen-bond donors (Lipinski definition) is 1. The highest BCUT2D eigenvalue weighted by Gasteiger charge is 2.27. The van der Waals surface area contributed by atoms with E-state index in [-0.39, 0.29) is 22.0 Å². The lowest BCUT2D eigenvalue weighted by Crippen LogP contribution is -2.16. The van der Waals surface area contributed by atoms with Gasteiger partial charge < -0.3 is 9.09 Å². The van der Waals surface area contributed by atoms with Crippen LogP contribution in [0.3, 0.4) is 0 Å². The maximum atomic E-state index is 13.7. The van der Waals surface area contributed by atoms with Crippen LogP contribution in [-0.2, 0) is 35.8 Å². The quantitative estimate of drug-likeness (QED) is 0.199. The molecule has 2 aromatic carbocycles. The number of rotatable bonds is 9. The van der Waals surface area contributed by atoms with E-state index in [9.17, 15) is 13.2 Å². The summed E-state index contributed by atoms with van der Waals surface area (Å²) in [5, 5.41) is 3.89. The summed E-state index contributed by atoms with van der Waals surface area (Å²) in [7, 11) is -3.98. The monoisotopic (exact) mass is 602 g/mol. The number of aromatic nitrogens is 3. The van der Waals surface area contributed by atoms with Crippen LogP contribution >= 0.6 is 0 Å². The molecule has 8 nitrogen and oxygen atoms in total. The summed E-state index contributed by atoms with van der Waals surface area (Å²) in [6.45, 7) is 12.8. The third kappa shape index (κ3) is 6.61. The molecule has 4 aromatic rings. The molecule has 0 saturated heterocycles. The zero-order valence-electron chi connectivity index (χ0n) is 26.1. The third-order valence-electron chi connectivity index (χ3n) is 8.01. The van der Waals surface area contributed by atoms with E-state index in [1.165, 1.54) is 0 Å². The molecule has 0 aliphatic heterocycles. The maximum absolute atomic E-state index is 13.7. The van der Waals surface area contributed by atoms with Crippen molar-refractivity contribution in [3.05, 3.63) is 82.1 Å². The van der Waals surface area contributed by atoms with Gasteiger partial charge in [-0.15, -0.1) is 0 Å². The number of sulfonamides is 1. The van der Waals surface area contributed by atoms with Crippen LogP contribution in [0.15, 0.2) is 51.9 Å². The van der Waals surface area contributed by atoms with Gasteiger partial charge in [0.2, 0.25) is 5.88 Å². The molecule has 1 aliphatic carbocycles. The van der Waals surface area contributed by atoms with Crippen LogP contribution in [0, 0.1) is 19.3 Å². The van der Waals surface area contributed by atoms with E-state index in [1.54, 1.807) is 26.0 Å². The number of ketones is 1. The molecule has 2 aromatic heterocycles. The van der Waals surface area contributed by atoms with Crippen LogP contribution in [0.5, 0.6) is 0 Å². The molecule has 0 spiro atoms. The van der Waals surface area contributed by atoms with E-state index in [0.29, 0.717) is 29.8 Å². The smallest absolute Gasteiger partial charge is 0.264 e. The second kappa shape index (κ2) is 12.1. The first-order valence-corrected chi connectivity index (χ1v) is 16.6. The molecule has 0 saturated carbocycles. The SMILES string of the molecule is CCCc1nc2c(n1Cc1ccc(-c3ccccc3S(=O)(=O)Nc3onc(C)c3C)c(CC(C)(C)C)c1)C(=O)CCCC2. The summed E-state index contributed by atoms with van der Waals surface area (Å²) in [5.41, 5.74) is 6.52. The molecule has 0 atom stereocenters. The molecule has 43 heavy (non-hydrogen) atoms. The predicted molar refractivity (Wildman–Crippen MR) is 169 cm³/mol. The lowest BCUT2D eigenvalue weighted by atomic mass is 9.84. The van der Waals surface area contributed by atoms with Crippen molar-refractivity contribution < 1.29 is 17.7 Å². The normalized spacial score (nSPS) is 14.0. The van der Waals surface area contributed by atoms with E-state index in [0.717, 1.165) is 72.4 Å². The van der Waals surface area contributed by atoms with Gasteiger partial charge in [-0.25, -0.2) is 18.1 Å². The average Bonchev–Trinajstić information content (AvgIpc) is 3.36. The standard InChI is InChI=1S/C34H42N4O4S/c1-7-12-31-35-28-14-9-10-15-29(39)32(28)38(31)21-24-17-18-26(25(19-24)20-34(4,5)6)27-13-8-11-16-30(27)43(40,41)37-33-22(2)23(3)36-42-33/h8,11,13,16-19,37H,7,9-10,12,14-15,20-21H2,1-6H3. The number of imidazole rings is 1. The predicted octanol–water partition coefficient (Wildman–Crippen LogP) is 7.45. The Balaban J connectivity index is 1.58. The Morgan fingerprint density at radius 2 is 1.77 bits per heavy atom. The van der Waals surface area contributed by atoms with Gasteiger partial charge in [-0.05, 0) is 74.1 Å². The zero-order chi connectivity index (χ0) is 30.9. The number of benzene rings is 2. The topological polar surface area (TPSA) is 107 Å². The molecule has 5 rings (SSSR count). The highest BCUT2D eigenvalue weighted by atomic mass is 32.2. The highest BCUT2D eigenvalue weighted by molar-refractivity contribution is 7.92. The minimum absolute atomic E-state index is 0.0522. The molecule has 0 bridgehead atoms. The molecule has 0 radical (unpaired) electrons. The molecule has 1 aliphatic rings. The molecular formula is C34H42N4O4S. The Hall–Kier alpha value is -3.72. The third-order valence-corrected chi connectivity index (χ3v) is 9.40. The molecule has 9 heteroatoms. The minimum atomic E-state index is -3.98. The van der Waals surface area contributed by atoms with Gasteiger partial charge in [0.1, 0.15) is 11.5 Å². The first-order chi connectivity index (χ1) is 20.4. The largest absolute Gasteiger partial charge is 0.337 e. The molecule has 0 unspecified atom stereocenters. The number of fused-ring (bicyclic) bond motifs is 1. The van der Waals surface area contributed by atoms with Crippen molar-refractivity contribution in [3.63, 3.8) is 0 Å². The molecule has 228 valence electrons. The number of aryl methyl sites for hydroxylation is 3. The fraction of sp³-hybridized carbons (Fsp3) is 0.441. The van der Waals surface area contributed by atoms with Crippen molar-refractivity contribution in [1.82, 2.24) is 14.7 Å². The second-order valence-electron chi connectivity index (χ2n) is 12.8. The summed E-state index contributed by atoms with van der Waals surface area (Å²) in [6, 6.07) is 13.3. The molecular weight excluding hydrogens is 560 g/mol. The summed E-state index contributed by atoms with van der Waals surface area (Å²) in [6.07, 6.45) is 5.78. The number of anilines is 1. The van der Waals surface area contributed by atoms with Gasteiger partial charge >= 0.3 is 0 Å². The van der Waals surface area contributed by atoms with Gasteiger partial charge in [0.25, 0.3) is 10.0 Å². The van der Waals surface area contributed by atoms with Crippen LogP contribution < -0.4 is 4.72 Å². The van der Waals surface area contributed by atoms with Gasteiger partial charge in [0.15, 0.2) is 5.78 Å². The van der Waals surface area contributed by atoms with Crippen molar-refractivity contribution in [2.24, 2.45) is 5.41 Å². The summed E-state index contributed by atoms with van der Waals surface area (Å²) in [4.78, 5) is 18.3. The van der Waals surface area contributed by atoms with Crippen LogP contribution in [0.2, 0.25) is 0 Å². The van der Waals surface area contributed by atoms with E-state index in [2.05, 4.69) is 48.2 Å². The second-order valence-corrected chi connectivity index (χ2v) is 14.5. The lowest BCUT2D eigenvalue weighted by Gasteiger charge is -2.23. The first kappa shape index (κ1) is 30.7. The lowest BCUT2D eigenvalue weighted by molar-refractivity contribution is 0.0973. The molecule has 2 heterocycles. The summed E-state index contributed by atoms with van der Waals surface area (Å²) >= 11 is 0. The van der Waals surface area contributed by atoms with E-state index < -0.39 is 10.0 Å². The van der Waals surface area contributed by atoms with Crippen molar-refractivity contribution in [1.29, 1.82) is 0 Å². The van der Waals surface area contributed by atoms with E-state index >= 15 is 0 Å². The first-order valence-electron chi connectivity index (χ1n) is 15.2. The minimum Gasteiger partial charge on any atom is -0.337 e. The van der Waals surface area contributed by atoms with E-state index in [4.69, 9.17) is 9.51 Å². The van der Waals surface area contributed by atoms with Crippen molar-refractivity contribution in [2.45, 2.75) is 97.9 Å². The fourth-order valence-corrected chi connectivity index (χ4v) is 7.11. The van der Waals surface area contributed by atoms with Gasteiger partial charge in [-0.1, -0.05) is 69.2 Å². The number of hydrogen-bond acceptors (Lipinski definition) is 6. The maximum Gasteiger partial charge on any atom is 0.264 e. The van der Waals surface area contributed by atoms with Gasteiger partial charge in [0, 0.05) is 30.5 Å². The number of Topliss-reactive ketones (excluding diaryl/α,β-unsaturated/α-hetero) is 1. The zero-order valence-corrected chi connectivity index (χ0v) is 26.9. The van der Waals surface area contributed by atoms with Crippen molar-refractivity contribution in [2.75, 3.05) is 4.72 Å². The Morgan fingerprint density at radius 1 is 1.02 bits per heavy atom. The Bertz CT molecular complexity index is 1760. The van der Waals surface area contributed by atoms with Gasteiger partial charge in [-0.3, -0.25) is 4.79 Å². The molecule has 1 N–H and O–H groups in total.